The number of nitrogens with zero attached hydrogens (tertiary/aromatic N) is 3. The van der Waals surface area contributed by atoms with Gasteiger partial charge in [0.05, 0.1) is 22.9 Å². The first-order valence-electron chi connectivity index (χ1n) is 10.8. The number of nitrogen functional groups attached to an aromatic ring is 1. The van der Waals surface area contributed by atoms with Crippen molar-refractivity contribution in [3.05, 3.63) is 51.9 Å². The molecule has 2 aromatic heterocycles. The number of aliphatic hydroxyl groups is 1. The first-order valence-corrected chi connectivity index (χ1v) is 11.2. The van der Waals surface area contributed by atoms with Crippen LogP contribution in [0.5, 0.6) is 5.75 Å². The molecule has 2 heterocycles. The average molecular weight is 476 g/mol. The van der Waals surface area contributed by atoms with E-state index < -0.39 is 23.7 Å². The Balaban J connectivity index is 1.85. The lowest BCUT2D eigenvalue weighted by atomic mass is 9.89. The number of carbonyl (C=O) groups excluding carboxylic acids is 1. The number of imidazole rings is 1. The molecule has 1 aliphatic rings. The normalized spacial score (nSPS) is 18.9. The van der Waals surface area contributed by atoms with Crippen LogP contribution in [0.15, 0.2) is 18.5 Å². The third-order valence-electron chi connectivity index (χ3n) is 5.87. The van der Waals surface area contributed by atoms with Crippen molar-refractivity contribution in [2.75, 3.05) is 5.73 Å². The largest absolute Gasteiger partial charge is 0.490 e. The molecule has 1 aromatic carbocycles. The van der Waals surface area contributed by atoms with Crippen LogP contribution in [0.1, 0.15) is 67.0 Å². The van der Waals surface area contributed by atoms with Gasteiger partial charge in [-0.25, -0.2) is 14.4 Å². The summed E-state index contributed by atoms with van der Waals surface area (Å²) in [4.78, 5) is 21.9. The second kappa shape index (κ2) is 8.79. The summed E-state index contributed by atoms with van der Waals surface area (Å²) < 4.78 is 23.0. The molecule has 10 heteroatoms. The number of aromatic nitrogens is 3. The van der Waals surface area contributed by atoms with Gasteiger partial charge in [-0.2, -0.15) is 0 Å². The molecule has 4 rings (SSSR count). The molecule has 33 heavy (non-hydrogen) atoms. The standard InChI is InChI=1S/C23H27ClFN5O3/c1-10(2)33-20-15(11(3)22-28-12(4)19-21(26)27-5-6-30(19)22)9-16(24)18(25)17(20)23(32)29-13-7-14(31)8-13/h5-6,9-11,13-14,31H,7-8H2,1-4H3,(H2,26,27)(H,29,32). The molecule has 0 spiro atoms. The summed E-state index contributed by atoms with van der Waals surface area (Å²) in [6.07, 6.45) is 3.39. The molecular weight excluding hydrogens is 449 g/mol. The Bertz CT molecular complexity index is 1220. The summed E-state index contributed by atoms with van der Waals surface area (Å²) in [7, 11) is 0. The van der Waals surface area contributed by atoms with E-state index in [4.69, 9.17) is 22.1 Å². The second-order valence-corrected chi connectivity index (χ2v) is 9.14. The van der Waals surface area contributed by atoms with E-state index in [0.29, 0.717) is 41.3 Å². The number of aryl methyl sites for hydroxylation is 1. The highest BCUT2D eigenvalue weighted by molar-refractivity contribution is 6.31. The number of hydrogen-bond acceptors (Lipinski definition) is 6. The molecule has 1 unspecified atom stereocenters. The van der Waals surface area contributed by atoms with Crippen LogP contribution in [0.4, 0.5) is 10.2 Å². The third kappa shape index (κ3) is 4.22. The van der Waals surface area contributed by atoms with E-state index in [9.17, 15) is 9.90 Å². The first kappa shape index (κ1) is 23.3. The number of rotatable bonds is 6. The lowest BCUT2D eigenvalue weighted by Crippen LogP contribution is -2.47. The average Bonchev–Trinajstić information content (AvgIpc) is 3.06. The van der Waals surface area contributed by atoms with E-state index in [-0.39, 0.29) is 28.5 Å². The van der Waals surface area contributed by atoms with Gasteiger partial charge in [-0.05, 0) is 39.7 Å². The lowest BCUT2D eigenvalue weighted by molar-refractivity contribution is 0.0559. The Labute approximate surface area is 195 Å². The van der Waals surface area contributed by atoms with Gasteiger partial charge < -0.3 is 20.9 Å². The molecule has 176 valence electrons. The van der Waals surface area contributed by atoms with Crippen molar-refractivity contribution in [1.82, 2.24) is 19.7 Å². The van der Waals surface area contributed by atoms with E-state index in [1.807, 2.05) is 18.2 Å². The van der Waals surface area contributed by atoms with Crippen molar-refractivity contribution in [2.24, 2.45) is 0 Å². The number of nitrogens with one attached hydrogen (secondary N) is 1. The molecule has 8 nitrogen and oxygen atoms in total. The van der Waals surface area contributed by atoms with Gasteiger partial charge >= 0.3 is 0 Å². The number of amides is 1. The van der Waals surface area contributed by atoms with Crippen molar-refractivity contribution in [1.29, 1.82) is 0 Å². The molecule has 1 aliphatic carbocycles. The number of hydrogen-bond donors (Lipinski definition) is 3. The van der Waals surface area contributed by atoms with Crippen LogP contribution in [0, 0.1) is 12.7 Å². The quantitative estimate of drug-likeness (QED) is 0.501. The zero-order chi connectivity index (χ0) is 24.0. The van der Waals surface area contributed by atoms with Crippen LogP contribution in [0.2, 0.25) is 5.02 Å². The Morgan fingerprint density at radius 1 is 1.39 bits per heavy atom. The number of anilines is 1. The zero-order valence-corrected chi connectivity index (χ0v) is 19.7. The molecule has 0 aliphatic heterocycles. The summed E-state index contributed by atoms with van der Waals surface area (Å²) in [6, 6.07) is 1.25. The minimum Gasteiger partial charge on any atom is -0.490 e. The predicted octanol–water partition coefficient (Wildman–Crippen LogP) is 3.60. The Morgan fingerprint density at radius 2 is 2.09 bits per heavy atom. The van der Waals surface area contributed by atoms with Crippen molar-refractivity contribution in [3.8, 4) is 5.75 Å². The highest BCUT2D eigenvalue weighted by atomic mass is 35.5. The van der Waals surface area contributed by atoms with Crippen LogP contribution >= 0.6 is 11.6 Å². The van der Waals surface area contributed by atoms with Gasteiger partial charge in [-0.3, -0.25) is 9.20 Å². The first-order chi connectivity index (χ1) is 15.6. The highest BCUT2D eigenvalue weighted by Gasteiger charge is 2.33. The molecule has 3 aromatic rings. The van der Waals surface area contributed by atoms with Crippen molar-refractivity contribution < 1.29 is 19.0 Å². The zero-order valence-electron chi connectivity index (χ0n) is 18.9. The van der Waals surface area contributed by atoms with E-state index >= 15 is 4.39 Å². The lowest BCUT2D eigenvalue weighted by Gasteiger charge is -2.32. The Hall–Kier alpha value is -2.91. The fourth-order valence-corrected chi connectivity index (χ4v) is 4.40. The summed E-state index contributed by atoms with van der Waals surface area (Å²) in [5.41, 5.74) is 7.70. The second-order valence-electron chi connectivity index (χ2n) is 8.74. The SMILES string of the molecule is Cc1nc(C(C)c2cc(Cl)c(F)c(C(=O)NC3CC(O)C3)c2OC(C)C)n2ccnc(N)c12. The molecular formula is C23H27ClFN5O3. The summed E-state index contributed by atoms with van der Waals surface area (Å²) in [5, 5.41) is 12.1. The van der Waals surface area contributed by atoms with Crippen LogP contribution in [0.3, 0.4) is 0 Å². The Kier molecular flexibility index (Phi) is 6.20. The Morgan fingerprint density at radius 3 is 2.73 bits per heavy atom. The summed E-state index contributed by atoms with van der Waals surface area (Å²) in [5.74, 6) is -0.808. The van der Waals surface area contributed by atoms with Crippen molar-refractivity contribution in [2.45, 2.75) is 64.7 Å². The van der Waals surface area contributed by atoms with Crippen molar-refractivity contribution in [3.63, 3.8) is 0 Å². The van der Waals surface area contributed by atoms with Gasteiger partial charge in [-0.1, -0.05) is 18.5 Å². The van der Waals surface area contributed by atoms with Gasteiger partial charge in [0.15, 0.2) is 5.82 Å². The minimum atomic E-state index is -0.849. The number of aliphatic hydroxyl groups excluding tert-OH is 1. The molecule has 1 fully saturated rings. The van der Waals surface area contributed by atoms with Gasteiger partial charge in [0.25, 0.3) is 5.91 Å². The maximum atomic E-state index is 15.2. The monoisotopic (exact) mass is 475 g/mol. The van der Waals surface area contributed by atoms with E-state index in [0.717, 1.165) is 0 Å². The number of ether oxygens (including phenoxy) is 1. The fourth-order valence-electron chi connectivity index (χ4n) is 4.19. The molecule has 0 bridgehead atoms. The number of halogens is 2. The molecule has 0 radical (unpaired) electrons. The van der Waals surface area contributed by atoms with Gasteiger partial charge in [-0.15, -0.1) is 0 Å². The smallest absolute Gasteiger partial charge is 0.258 e. The maximum absolute atomic E-state index is 15.2. The summed E-state index contributed by atoms with van der Waals surface area (Å²) >= 11 is 6.25. The summed E-state index contributed by atoms with van der Waals surface area (Å²) in [6.45, 7) is 7.31. The fraction of sp³-hybridized carbons (Fsp3) is 0.435. The number of carbonyl (C=O) groups is 1. The predicted molar refractivity (Wildman–Crippen MR) is 123 cm³/mol. The van der Waals surface area contributed by atoms with Gasteiger partial charge in [0.1, 0.15) is 28.5 Å². The number of nitrogens with two attached hydrogens (primary N) is 1. The van der Waals surface area contributed by atoms with Gasteiger partial charge in [0, 0.05) is 29.9 Å². The maximum Gasteiger partial charge on any atom is 0.258 e. The molecule has 0 saturated heterocycles. The minimum absolute atomic E-state index is 0.119. The van der Waals surface area contributed by atoms with E-state index in [1.165, 1.54) is 6.07 Å². The number of fused-ring (bicyclic) bond motifs is 1. The molecule has 1 amide bonds. The van der Waals surface area contributed by atoms with E-state index in [1.54, 1.807) is 26.2 Å². The number of benzene rings is 1. The third-order valence-corrected chi connectivity index (χ3v) is 6.14. The molecule has 1 saturated carbocycles. The molecule has 1 atom stereocenters. The van der Waals surface area contributed by atoms with Crippen molar-refractivity contribution >= 4 is 28.8 Å². The van der Waals surface area contributed by atoms with Crippen LogP contribution in [-0.2, 0) is 0 Å². The van der Waals surface area contributed by atoms with Gasteiger partial charge in [0.2, 0.25) is 0 Å². The van der Waals surface area contributed by atoms with Crippen LogP contribution in [-0.4, -0.2) is 43.6 Å². The molecule has 4 N–H and O–H groups in total. The van der Waals surface area contributed by atoms with Crippen LogP contribution < -0.4 is 15.8 Å². The van der Waals surface area contributed by atoms with Crippen LogP contribution in [0.25, 0.3) is 5.52 Å². The highest BCUT2D eigenvalue weighted by Crippen LogP contribution is 2.40. The topological polar surface area (TPSA) is 115 Å². The van der Waals surface area contributed by atoms with E-state index in [2.05, 4.69) is 15.3 Å².